The van der Waals surface area contributed by atoms with Crippen LogP contribution in [0.3, 0.4) is 0 Å². The molecule has 4 rings (SSSR count). The molecule has 1 unspecified atom stereocenters. The fraction of sp³-hybridized carbons (Fsp3) is 0.541. The molecule has 220 valence electrons. The third kappa shape index (κ3) is 11.9. The molecule has 0 saturated heterocycles. The molecule has 0 N–H and O–H groups in total. The van der Waals surface area contributed by atoms with E-state index >= 15 is 0 Å². The molecule has 2 aliphatic carbocycles. The Morgan fingerprint density at radius 1 is 0.850 bits per heavy atom. The van der Waals surface area contributed by atoms with E-state index in [0.717, 1.165) is 6.42 Å². The Kier molecular flexibility index (Phi) is 15.9. The van der Waals surface area contributed by atoms with E-state index in [1.54, 1.807) is 24.2 Å². The number of unbranched alkanes of at least 4 members (excludes halogenated alkanes) is 1. The van der Waals surface area contributed by atoms with Gasteiger partial charge in [0.15, 0.2) is 0 Å². The maximum Gasteiger partial charge on any atom is -1.00 e. The first-order valence-electron chi connectivity index (χ1n) is 14.5. The van der Waals surface area contributed by atoms with E-state index in [2.05, 4.69) is 138 Å². The van der Waals surface area contributed by atoms with E-state index < -0.39 is 0 Å². The molecule has 40 heavy (non-hydrogen) atoms. The quantitative estimate of drug-likeness (QED) is 0.363. The Morgan fingerprint density at radius 2 is 1.40 bits per heavy atom. The second-order valence-corrected chi connectivity index (χ2v) is 16.7. The molecule has 0 heterocycles. The van der Waals surface area contributed by atoms with Gasteiger partial charge in [-0.05, 0) is 17.4 Å². The van der Waals surface area contributed by atoms with Crippen LogP contribution in [0.2, 0.25) is 0 Å². The first-order valence-corrected chi connectivity index (χ1v) is 15.7. The number of benzene rings is 2. The minimum absolute atomic E-state index is 0. The third-order valence-electron chi connectivity index (χ3n) is 7.09. The van der Waals surface area contributed by atoms with Crippen molar-refractivity contribution < 1.29 is 49.0 Å². The van der Waals surface area contributed by atoms with Gasteiger partial charge in [0.05, 0.1) is 0 Å². The van der Waals surface area contributed by atoms with E-state index in [1.165, 1.54) is 61.4 Å². The van der Waals surface area contributed by atoms with Crippen molar-refractivity contribution in [3.63, 3.8) is 0 Å². The van der Waals surface area contributed by atoms with Crippen LogP contribution in [-0.2, 0) is 41.5 Å². The molecule has 2 aliphatic rings. The van der Waals surface area contributed by atoms with Gasteiger partial charge in [-0.1, -0.05) is 135 Å². The molecule has 0 saturated carbocycles. The van der Waals surface area contributed by atoms with Crippen molar-refractivity contribution in [3.05, 3.63) is 82.5 Å². The summed E-state index contributed by atoms with van der Waals surface area (Å²) in [7, 11) is 0. The van der Waals surface area contributed by atoms with Crippen molar-refractivity contribution in [2.24, 2.45) is 11.3 Å². The van der Waals surface area contributed by atoms with Crippen molar-refractivity contribution >= 4 is 3.21 Å². The van der Waals surface area contributed by atoms with Gasteiger partial charge in [0.25, 0.3) is 0 Å². The molecule has 0 bridgehead atoms. The molecular formula is C37H52Cl2Zr-2. The van der Waals surface area contributed by atoms with Gasteiger partial charge in [-0.3, -0.25) is 6.08 Å². The average molecular weight is 659 g/mol. The molecule has 3 heteroatoms. The topological polar surface area (TPSA) is 0 Å². The molecule has 0 aliphatic heterocycles. The molecule has 1 atom stereocenters. The van der Waals surface area contributed by atoms with E-state index in [-0.39, 0.29) is 35.6 Å². The van der Waals surface area contributed by atoms with Gasteiger partial charge >= 0.3 is 41.3 Å². The maximum absolute atomic E-state index is 3.53. The van der Waals surface area contributed by atoms with Crippen molar-refractivity contribution in [3.8, 4) is 11.1 Å². The maximum atomic E-state index is 3.53. The molecule has 0 amide bonds. The molecule has 2 aromatic carbocycles. The number of halogens is 2. The zero-order valence-electron chi connectivity index (χ0n) is 27.2. The summed E-state index contributed by atoms with van der Waals surface area (Å²) in [5.41, 5.74) is 10.5. The van der Waals surface area contributed by atoms with E-state index in [1.807, 2.05) is 0 Å². The molecule has 0 spiro atoms. The van der Waals surface area contributed by atoms with Crippen LogP contribution in [0.1, 0.15) is 125 Å². The zero-order chi connectivity index (χ0) is 28.9. The standard InChI is InChI=1S/C21H25.C13H21.C3H6.2ClH.Zr/c1-20(2,3)16-9-7-14-11-15-8-10-17(21(4,5)6)13-19(15)18(14)12-16;1-5-6-7-11-8-9-12(10-11)13(2,3)4;1-3-2;;;/h7,9-10,12-13H,11H2,1-6H3;9-11H,5-7H2,1-4H3;1-2H3;2*1H;/q2*-1;;;;+2/p-2. The minimum Gasteiger partial charge on any atom is -1.00 e. The van der Waals surface area contributed by atoms with Crippen LogP contribution in [-0.4, -0.2) is 3.21 Å². The predicted octanol–water partition coefficient (Wildman–Crippen LogP) is 4.54. The predicted molar refractivity (Wildman–Crippen MR) is 166 cm³/mol. The Morgan fingerprint density at radius 3 is 1.88 bits per heavy atom. The van der Waals surface area contributed by atoms with Crippen molar-refractivity contribution in [2.75, 3.05) is 0 Å². The fourth-order valence-corrected chi connectivity index (χ4v) is 4.55. The zero-order valence-corrected chi connectivity index (χ0v) is 31.2. The van der Waals surface area contributed by atoms with Crippen molar-refractivity contribution in [2.45, 2.75) is 120 Å². The molecule has 0 fully saturated rings. The monoisotopic (exact) mass is 656 g/mol. The Hall–Kier alpha value is -0.747. The van der Waals surface area contributed by atoms with Gasteiger partial charge in [-0.2, -0.15) is 41.0 Å². The fourth-order valence-electron chi connectivity index (χ4n) is 4.55. The van der Waals surface area contributed by atoms with Crippen LogP contribution in [0.4, 0.5) is 0 Å². The van der Waals surface area contributed by atoms with Crippen LogP contribution in [0.15, 0.2) is 48.1 Å². The Labute approximate surface area is 275 Å². The molecular weight excluding hydrogens is 607 g/mol. The smallest absolute Gasteiger partial charge is 1.00 e. The van der Waals surface area contributed by atoms with E-state index in [4.69, 9.17) is 0 Å². The summed E-state index contributed by atoms with van der Waals surface area (Å²) in [4.78, 5) is 0. The second kappa shape index (κ2) is 16.2. The van der Waals surface area contributed by atoms with Crippen molar-refractivity contribution in [1.82, 2.24) is 0 Å². The van der Waals surface area contributed by atoms with Gasteiger partial charge in [0.1, 0.15) is 0 Å². The molecule has 0 aromatic heterocycles. The Bertz CT molecular complexity index is 1100. The summed E-state index contributed by atoms with van der Waals surface area (Å²) in [5, 5.41) is 0. The molecule has 0 nitrogen and oxygen atoms in total. The van der Waals surface area contributed by atoms with Crippen LogP contribution in [0, 0.1) is 23.5 Å². The second-order valence-electron chi connectivity index (χ2n) is 14.3. The minimum atomic E-state index is 0. The SMILES string of the molecule is CC(C)(C)c1c[c-]c2c(c1)-c1cc(C(C)(C)C)ccc1C2.CCCCC1[C-]=CC(C(C)(C)C)=C1.C[C](C)=[Zr+2].[Cl-].[Cl-]. The van der Waals surface area contributed by atoms with Crippen LogP contribution in [0.5, 0.6) is 0 Å². The van der Waals surface area contributed by atoms with Gasteiger partial charge in [0.2, 0.25) is 0 Å². The van der Waals surface area contributed by atoms with Crippen LogP contribution in [0.25, 0.3) is 11.1 Å². The summed E-state index contributed by atoms with van der Waals surface area (Å²) in [5.74, 6) is 0.592. The van der Waals surface area contributed by atoms with Crippen LogP contribution >= 0.6 is 0 Å². The summed E-state index contributed by atoms with van der Waals surface area (Å²) in [6.45, 7) is 26.9. The first-order chi connectivity index (χ1) is 17.4. The molecule has 2 aromatic rings. The van der Waals surface area contributed by atoms with Crippen LogP contribution < -0.4 is 24.8 Å². The van der Waals surface area contributed by atoms with E-state index in [0.29, 0.717) is 11.3 Å². The van der Waals surface area contributed by atoms with Gasteiger partial charge in [-0.15, -0.1) is 5.56 Å². The summed E-state index contributed by atoms with van der Waals surface area (Å²) >= 11 is 1.55. The Balaban J connectivity index is 0.000000692. The first kappa shape index (κ1) is 39.3. The number of fused-ring (bicyclic) bond motifs is 3. The number of rotatable bonds is 3. The number of hydrogen-bond acceptors (Lipinski definition) is 0. The third-order valence-corrected chi connectivity index (χ3v) is 7.09. The summed E-state index contributed by atoms with van der Waals surface area (Å²) in [6, 6.07) is 15.1. The normalized spacial score (nSPS) is 15.2. The average Bonchev–Trinajstić information content (AvgIpc) is 3.40. The molecule has 0 radical (unpaired) electrons. The van der Waals surface area contributed by atoms with Gasteiger partial charge in [0, 0.05) is 0 Å². The van der Waals surface area contributed by atoms with E-state index in [9.17, 15) is 0 Å². The number of hydrogen-bond donors (Lipinski definition) is 0. The van der Waals surface area contributed by atoms with Crippen molar-refractivity contribution in [1.29, 1.82) is 0 Å². The summed E-state index contributed by atoms with van der Waals surface area (Å²) in [6.07, 6.45) is 12.9. The number of allylic oxidation sites excluding steroid dienone is 4. The largest absolute Gasteiger partial charge is 1.00 e. The van der Waals surface area contributed by atoms with Gasteiger partial charge < -0.3 is 24.8 Å². The van der Waals surface area contributed by atoms with Gasteiger partial charge in [-0.25, -0.2) is 6.08 Å². The summed E-state index contributed by atoms with van der Waals surface area (Å²) < 4.78 is 1.51.